The van der Waals surface area contributed by atoms with Gasteiger partial charge in [-0.15, -0.1) is 0 Å². The Balaban J connectivity index is 1.92. The first-order valence-electron chi connectivity index (χ1n) is 6.56. The van der Waals surface area contributed by atoms with Gasteiger partial charge in [-0.3, -0.25) is 4.79 Å². The summed E-state index contributed by atoms with van der Waals surface area (Å²) in [7, 11) is 0. The van der Waals surface area contributed by atoms with E-state index in [1.807, 2.05) is 43.3 Å². The Morgan fingerprint density at radius 1 is 1.10 bits per heavy atom. The summed E-state index contributed by atoms with van der Waals surface area (Å²) in [5, 5.41) is 4.83. The fourth-order valence-electron chi connectivity index (χ4n) is 2.06. The van der Waals surface area contributed by atoms with Gasteiger partial charge in [0, 0.05) is 16.8 Å². The molecule has 2 aromatic carbocycles. The van der Waals surface area contributed by atoms with E-state index >= 15 is 0 Å². The van der Waals surface area contributed by atoms with E-state index in [9.17, 15) is 4.79 Å². The first kappa shape index (κ1) is 13.6. The number of ketones is 1. The molecule has 3 nitrogen and oxygen atoms in total. The van der Waals surface area contributed by atoms with Crippen molar-refractivity contribution >= 4 is 17.4 Å². The number of nitrogens with zero attached hydrogens (tertiary/aromatic N) is 2. The lowest BCUT2D eigenvalue weighted by Crippen LogP contribution is -2.00. The van der Waals surface area contributed by atoms with Crippen LogP contribution in [0.5, 0.6) is 0 Å². The topological polar surface area (TPSA) is 34.9 Å². The zero-order chi connectivity index (χ0) is 14.8. The molecular weight excluding hydrogens is 284 g/mol. The minimum Gasteiger partial charge on any atom is -0.288 e. The second kappa shape index (κ2) is 5.54. The van der Waals surface area contributed by atoms with E-state index in [1.54, 1.807) is 29.2 Å². The van der Waals surface area contributed by atoms with Gasteiger partial charge in [-0.25, -0.2) is 4.68 Å². The minimum atomic E-state index is -0.0842. The largest absolute Gasteiger partial charge is 0.288 e. The molecule has 0 fully saturated rings. The highest BCUT2D eigenvalue weighted by molar-refractivity contribution is 6.31. The first-order chi connectivity index (χ1) is 10.1. The van der Waals surface area contributed by atoms with Crippen LogP contribution >= 0.6 is 11.6 Å². The van der Waals surface area contributed by atoms with Crippen molar-refractivity contribution in [2.24, 2.45) is 0 Å². The third kappa shape index (κ3) is 2.73. The number of rotatable bonds is 3. The monoisotopic (exact) mass is 296 g/mol. The fraction of sp³-hybridized carbons (Fsp3) is 0.0588. The van der Waals surface area contributed by atoms with Crippen molar-refractivity contribution < 1.29 is 4.79 Å². The predicted octanol–water partition coefficient (Wildman–Crippen LogP) is 4.07. The molecule has 0 amide bonds. The summed E-state index contributed by atoms with van der Waals surface area (Å²) < 4.78 is 1.68. The zero-order valence-electron chi connectivity index (χ0n) is 11.5. The molecule has 0 aliphatic carbocycles. The number of halogens is 1. The summed E-state index contributed by atoms with van der Waals surface area (Å²) in [5.74, 6) is -0.0842. The van der Waals surface area contributed by atoms with E-state index in [2.05, 4.69) is 5.10 Å². The van der Waals surface area contributed by atoms with E-state index in [0.717, 1.165) is 11.3 Å². The average Bonchev–Trinajstić information content (AvgIpc) is 3.00. The number of hydrogen-bond donors (Lipinski definition) is 0. The van der Waals surface area contributed by atoms with Gasteiger partial charge >= 0.3 is 0 Å². The van der Waals surface area contributed by atoms with Gasteiger partial charge in [0.25, 0.3) is 0 Å². The summed E-state index contributed by atoms with van der Waals surface area (Å²) in [6, 6.07) is 15.0. The lowest BCUT2D eigenvalue weighted by atomic mass is 10.1. The molecular formula is C17H13ClN2O. The van der Waals surface area contributed by atoms with Crippen LogP contribution in [0, 0.1) is 6.92 Å². The van der Waals surface area contributed by atoms with Crippen LogP contribution in [-0.4, -0.2) is 15.6 Å². The Hall–Kier alpha value is -2.39. The SMILES string of the molecule is Cc1ccc(C(=O)c2cnn(-c3ccccc3)c2)cc1Cl. The second-order valence-electron chi connectivity index (χ2n) is 4.80. The molecule has 1 heterocycles. The molecule has 4 heteroatoms. The Kier molecular flexibility index (Phi) is 3.59. The quantitative estimate of drug-likeness (QED) is 0.683. The first-order valence-corrected chi connectivity index (χ1v) is 6.94. The van der Waals surface area contributed by atoms with Crippen molar-refractivity contribution in [3.8, 4) is 5.69 Å². The maximum atomic E-state index is 12.4. The van der Waals surface area contributed by atoms with Crippen LogP contribution in [-0.2, 0) is 0 Å². The second-order valence-corrected chi connectivity index (χ2v) is 5.21. The highest BCUT2D eigenvalue weighted by Gasteiger charge is 2.13. The number of carbonyl (C=O) groups is 1. The smallest absolute Gasteiger partial charge is 0.196 e. The molecule has 104 valence electrons. The summed E-state index contributed by atoms with van der Waals surface area (Å²) in [4.78, 5) is 12.4. The minimum absolute atomic E-state index is 0.0842. The van der Waals surface area contributed by atoms with Crippen LogP contribution in [0.4, 0.5) is 0 Å². The Morgan fingerprint density at radius 2 is 1.86 bits per heavy atom. The number of carbonyl (C=O) groups excluding carboxylic acids is 1. The molecule has 0 spiro atoms. The number of hydrogen-bond acceptors (Lipinski definition) is 2. The van der Waals surface area contributed by atoms with Crippen LogP contribution in [0.15, 0.2) is 60.9 Å². The van der Waals surface area contributed by atoms with E-state index in [0.29, 0.717) is 16.1 Å². The molecule has 0 saturated carbocycles. The molecule has 0 atom stereocenters. The van der Waals surface area contributed by atoms with Crippen LogP contribution in [0.1, 0.15) is 21.5 Å². The molecule has 3 rings (SSSR count). The molecule has 3 aromatic rings. The highest BCUT2D eigenvalue weighted by atomic mass is 35.5. The van der Waals surface area contributed by atoms with Crippen molar-refractivity contribution in [2.75, 3.05) is 0 Å². The van der Waals surface area contributed by atoms with Crippen LogP contribution in [0.2, 0.25) is 5.02 Å². The molecule has 0 radical (unpaired) electrons. The highest BCUT2D eigenvalue weighted by Crippen LogP contribution is 2.19. The third-order valence-electron chi connectivity index (χ3n) is 3.30. The fourth-order valence-corrected chi connectivity index (χ4v) is 2.24. The van der Waals surface area contributed by atoms with Gasteiger partial charge < -0.3 is 0 Å². The van der Waals surface area contributed by atoms with Gasteiger partial charge in [0.05, 0.1) is 17.4 Å². The summed E-state index contributed by atoms with van der Waals surface area (Å²) in [5.41, 5.74) is 2.98. The molecule has 0 saturated heterocycles. The van der Waals surface area contributed by atoms with Crippen molar-refractivity contribution in [3.05, 3.63) is 82.6 Å². The van der Waals surface area contributed by atoms with Crippen LogP contribution in [0.25, 0.3) is 5.69 Å². The van der Waals surface area contributed by atoms with Gasteiger partial charge in [0.1, 0.15) is 0 Å². The number of para-hydroxylation sites is 1. The lowest BCUT2D eigenvalue weighted by Gasteiger charge is -2.02. The van der Waals surface area contributed by atoms with Crippen LogP contribution < -0.4 is 0 Å². The number of benzene rings is 2. The van der Waals surface area contributed by atoms with Crippen molar-refractivity contribution in [3.63, 3.8) is 0 Å². The van der Waals surface area contributed by atoms with Gasteiger partial charge in [-0.2, -0.15) is 5.10 Å². The van der Waals surface area contributed by atoms with E-state index in [4.69, 9.17) is 11.6 Å². The van der Waals surface area contributed by atoms with Crippen LogP contribution in [0.3, 0.4) is 0 Å². The molecule has 0 aliphatic rings. The maximum absolute atomic E-state index is 12.4. The van der Waals surface area contributed by atoms with E-state index < -0.39 is 0 Å². The molecule has 21 heavy (non-hydrogen) atoms. The molecule has 0 N–H and O–H groups in total. The molecule has 0 bridgehead atoms. The number of aryl methyl sites for hydroxylation is 1. The van der Waals surface area contributed by atoms with Crippen molar-refractivity contribution in [1.82, 2.24) is 9.78 Å². The van der Waals surface area contributed by atoms with Gasteiger partial charge in [-0.1, -0.05) is 41.9 Å². The standard InChI is InChI=1S/C17H13ClN2O/c1-12-7-8-13(9-16(12)18)17(21)14-10-19-20(11-14)15-5-3-2-4-6-15/h2-11H,1H3. The Morgan fingerprint density at radius 3 is 2.57 bits per heavy atom. The van der Waals surface area contributed by atoms with E-state index in [-0.39, 0.29) is 5.78 Å². The molecule has 0 aliphatic heterocycles. The van der Waals surface area contributed by atoms with Crippen molar-refractivity contribution in [2.45, 2.75) is 6.92 Å². The maximum Gasteiger partial charge on any atom is 0.196 e. The molecule has 0 unspecified atom stereocenters. The van der Waals surface area contributed by atoms with Gasteiger partial charge in [-0.05, 0) is 30.7 Å². The lowest BCUT2D eigenvalue weighted by molar-refractivity contribution is 0.103. The predicted molar refractivity (Wildman–Crippen MR) is 83.2 cm³/mol. The van der Waals surface area contributed by atoms with Gasteiger partial charge in [0.15, 0.2) is 5.78 Å². The number of aromatic nitrogens is 2. The summed E-state index contributed by atoms with van der Waals surface area (Å²) in [6.07, 6.45) is 3.30. The third-order valence-corrected chi connectivity index (χ3v) is 3.71. The Labute approximate surface area is 127 Å². The Bertz CT molecular complexity index is 794. The van der Waals surface area contributed by atoms with E-state index in [1.165, 1.54) is 0 Å². The molecule has 1 aromatic heterocycles. The average molecular weight is 297 g/mol. The van der Waals surface area contributed by atoms with Crippen molar-refractivity contribution in [1.29, 1.82) is 0 Å². The normalized spacial score (nSPS) is 10.6. The summed E-state index contributed by atoms with van der Waals surface area (Å²) in [6.45, 7) is 1.91. The van der Waals surface area contributed by atoms with Gasteiger partial charge in [0.2, 0.25) is 0 Å². The zero-order valence-corrected chi connectivity index (χ0v) is 12.2. The summed E-state index contributed by atoms with van der Waals surface area (Å²) >= 11 is 6.07.